The number of aliphatic hydroxyl groups excluding tert-OH is 1. The first-order chi connectivity index (χ1) is 10.1. The van der Waals surface area contributed by atoms with Crippen LogP contribution in [0.25, 0.3) is 0 Å². The number of benzene rings is 1. The lowest BCUT2D eigenvalue weighted by Crippen LogP contribution is -2.45. The van der Waals surface area contributed by atoms with Crippen LogP contribution >= 0.6 is 0 Å². The van der Waals surface area contributed by atoms with Gasteiger partial charge in [0.1, 0.15) is 5.92 Å². The second kappa shape index (κ2) is 5.37. The Bertz CT molecular complexity index is 571. The van der Waals surface area contributed by atoms with E-state index in [0.29, 0.717) is 17.8 Å². The maximum Gasteiger partial charge on any atom is 0.324 e. The number of carboxylic acids is 1. The maximum atomic E-state index is 12.7. The summed E-state index contributed by atoms with van der Waals surface area (Å²) in [5.41, 5.74) is 1.34. The molecule has 0 aromatic heterocycles. The third kappa shape index (κ3) is 2.47. The van der Waals surface area contributed by atoms with Gasteiger partial charge in [-0.15, -0.1) is 0 Å². The molecule has 1 saturated carbocycles. The zero-order valence-corrected chi connectivity index (χ0v) is 11.6. The Labute approximate surface area is 122 Å². The fraction of sp³-hybridized carbons (Fsp3) is 0.467. The van der Waals surface area contributed by atoms with Gasteiger partial charge in [-0.3, -0.25) is 9.69 Å². The van der Waals surface area contributed by atoms with Crippen molar-refractivity contribution in [2.45, 2.75) is 24.8 Å². The van der Waals surface area contributed by atoms with E-state index in [0.717, 1.165) is 12.8 Å². The second-order valence-corrected chi connectivity index (χ2v) is 5.49. The number of amides is 2. The van der Waals surface area contributed by atoms with Crippen LogP contribution in [0.5, 0.6) is 0 Å². The summed E-state index contributed by atoms with van der Waals surface area (Å²) in [5.74, 6) is -1.60. The zero-order valence-electron chi connectivity index (χ0n) is 11.6. The third-order valence-electron chi connectivity index (χ3n) is 4.07. The lowest BCUT2D eigenvalue weighted by atomic mass is 10.0. The van der Waals surface area contributed by atoms with Gasteiger partial charge in [-0.1, -0.05) is 18.2 Å². The van der Waals surface area contributed by atoms with Crippen LogP contribution in [0.2, 0.25) is 0 Å². The van der Waals surface area contributed by atoms with Crippen LogP contribution in [0.3, 0.4) is 0 Å². The molecular formula is C15H18N2O4. The van der Waals surface area contributed by atoms with Crippen LogP contribution in [0.15, 0.2) is 24.3 Å². The molecule has 0 saturated heterocycles. The van der Waals surface area contributed by atoms with Crippen LogP contribution in [-0.4, -0.2) is 52.9 Å². The van der Waals surface area contributed by atoms with Gasteiger partial charge >= 0.3 is 12.0 Å². The van der Waals surface area contributed by atoms with Crippen molar-refractivity contribution in [1.82, 2.24) is 4.90 Å². The summed E-state index contributed by atoms with van der Waals surface area (Å²) in [6.45, 7) is 0.363. The molecule has 2 amide bonds. The predicted molar refractivity (Wildman–Crippen MR) is 76.4 cm³/mol. The maximum absolute atomic E-state index is 12.7. The molecule has 6 nitrogen and oxygen atoms in total. The molecule has 1 unspecified atom stereocenters. The van der Waals surface area contributed by atoms with Gasteiger partial charge < -0.3 is 15.1 Å². The Morgan fingerprint density at radius 1 is 1.29 bits per heavy atom. The third-order valence-corrected chi connectivity index (χ3v) is 4.07. The topological polar surface area (TPSA) is 81.1 Å². The normalized spacial score (nSPS) is 20.2. The Morgan fingerprint density at radius 3 is 2.62 bits per heavy atom. The number of carboxylic acid groups (broad SMARTS) is 1. The first kappa shape index (κ1) is 13.9. The molecule has 2 aliphatic rings. The summed E-state index contributed by atoms with van der Waals surface area (Å²) in [6.07, 6.45) is 1.90. The number of anilines is 1. The van der Waals surface area contributed by atoms with E-state index in [4.69, 9.17) is 5.11 Å². The molecule has 1 aromatic rings. The van der Waals surface area contributed by atoms with E-state index in [1.807, 2.05) is 0 Å². The van der Waals surface area contributed by atoms with Gasteiger partial charge in [0.15, 0.2) is 0 Å². The van der Waals surface area contributed by atoms with Gasteiger partial charge in [-0.25, -0.2) is 4.79 Å². The van der Waals surface area contributed by atoms with E-state index in [2.05, 4.69) is 0 Å². The standard InChI is InChI=1S/C15H18N2O4/c18-8-7-16(10-5-6-10)15(21)17-9-12(14(19)20)11-3-1-2-4-13(11)17/h1-4,10,12,18H,5-9H2,(H,19,20). The van der Waals surface area contributed by atoms with Crippen LogP contribution in [0, 0.1) is 0 Å². The molecule has 1 aliphatic heterocycles. The number of hydrogen-bond donors (Lipinski definition) is 2. The Morgan fingerprint density at radius 2 is 2.00 bits per heavy atom. The van der Waals surface area contributed by atoms with E-state index in [9.17, 15) is 14.7 Å². The highest BCUT2D eigenvalue weighted by Crippen LogP contribution is 2.38. The molecule has 0 bridgehead atoms. The Kier molecular flexibility index (Phi) is 3.55. The van der Waals surface area contributed by atoms with Gasteiger partial charge in [0.05, 0.1) is 6.61 Å². The molecule has 1 aliphatic carbocycles. The minimum absolute atomic E-state index is 0.0832. The van der Waals surface area contributed by atoms with Crippen molar-refractivity contribution in [1.29, 1.82) is 0 Å². The van der Waals surface area contributed by atoms with Crippen molar-refractivity contribution in [3.8, 4) is 0 Å². The van der Waals surface area contributed by atoms with Crippen molar-refractivity contribution in [2.75, 3.05) is 24.6 Å². The van der Waals surface area contributed by atoms with Crippen molar-refractivity contribution in [2.24, 2.45) is 0 Å². The van der Waals surface area contributed by atoms with E-state index < -0.39 is 11.9 Å². The number of carbonyl (C=O) groups is 2. The predicted octanol–water partition coefficient (Wildman–Crippen LogP) is 1.25. The highest BCUT2D eigenvalue weighted by atomic mass is 16.4. The summed E-state index contributed by atoms with van der Waals surface area (Å²) in [4.78, 5) is 27.3. The lowest BCUT2D eigenvalue weighted by Gasteiger charge is -2.28. The highest BCUT2D eigenvalue weighted by molar-refractivity contribution is 5.98. The molecule has 0 spiro atoms. The monoisotopic (exact) mass is 290 g/mol. The number of nitrogens with zero attached hydrogens (tertiary/aromatic N) is 2. The first-order valence-corrected chi connectivity index (χ1v) is 7.14. The van der Waals surface area contributed by atoms with Crippen LogP contribution in [0.1, 0.15) is 24.3 Å². The van der Waals surface area contributed by atoms with Crippen molar-refractivity contribution in [3.63, 3.8) is 0 Å². The van der Waals surface area contributed by atoms with Crippen molar-refractivity contribution in [3.05, 3.63) is 29.8 Å². The van der Waals surface area contributed by atoms with Crippen LogP contribution < -0.4 is 4.90 Å². The van der Waals surface area contributed by atoms with Gasteiger partial charge in [-0.05, 0) is 24.5 Å². The van der Waals surface area contributed by atoms with Crippen LogP contribution in [0.4, 0.5) is 10.5 Å². The SMILES string of the molecule is O=C(O)C1CN(C(=O)N(CCO)C2CC2)c2ccccc21. The fourth-order valence-electron chi connectivity index (χ4n) is 2.88. The molecule has 112 valence electrons. The Hall–Kier alpha value is -2.08. The average Bonchev–Trinajstić information content (AvgIpc) is 3.23. The van der Waals surface area contributed by atoms with Gasteiger partial charge in [0, 0.05) is 24.8 Å². The summed E-state index contributed by atoms with van der Waals surface area (Å²) >= 11 is 0. The number of urea groups is 1. The summed E-state index contributed by atoms with van der Waals surface area (Å²) in [6, 6.07) is 7.10. The van der Waals surface area contributed by atoms with E-state index in [-0.39, 0.29) is 25.2 Å². The number of aliphatic hydroxyl groups is 1. The quantitative estimate of drug-likeness (QED) is 0.874. The van der Waals surface area contributed by atoms with E-state index in [1.165, 1.54) is 4.90 Å². The molecule has 1 aromatic carbocycles. The van der Waals surface area contributed by atoms with Crippen molar-refractivity contribution >= 4 is 17.7 Å². The summed E-state index contributed by atoms with van der Waals surface area (Å²) in [5, 5.41) is 18.5. The largest absolute Gasteiger partial charge is 0.481 e. The lowest BCUT2D eigenvalue weighted by molar-refractivity contribution is -0.138. The van der Waals surface area contributed by atoms with Gasteiger partial charge in [0.2, 0.25) is 0 Å². The molecule has 6 heteroatoms. The van der Waals surface area contributed by atoms with Gasteiger partial charge in [-0.2, -0.15) is 0 Å². The average molecular weight is 290 g/mol. The molecule has 3 rings (SSSR count). The number of aliphatic carboxylic acids is 1. The highest BCUT2D eigenvalue weighted by Gasteiger charge is 2.41. The number of carbonyl (C=O) groups excluding carboxylic acids is 1. The number of rotatable bonds is 4. The minimum atomic E-state index is -0.919. The molecule has 21 heavy (non-hydrogen) atoms. The molecular weight excluding hydrogens is 272 g/mol. The zero-order chi connectivity index (χ0) is 15.0. The smallest absolute Gasteiger partial charge is 0.324 e. The summed E-state index contributed by atoms with van der Waals surface area (Å²) in [7, 11) is 0. The number of fused-ring (bicyclic) bond motifs is 1. The minimum Gasteiger partial charge on any atom is -0.481 e. The number of hydrogen-bond acceptors (Lipinski definition) is 3. The van der Waals surface area contributed by atoms with Crippen molar-refractivity contribution < 1.29 is 19.8 Å². The second-order valence-electron chi connectivity index (χ2n) is 5.49. The molecule has 0 radical (unpaired) electrons. The molecule has 2 N–H and O–H groups in total. The van der Waals surface area contributed by atoms with E-state index in [1.54, 1.807) is 29.2 Å². The fourth-order valence-corrected chi connectivity index (χ4v) is 2.88. The summed E-state index contributed by atoms with van der Waals surface area (Å²) < 4.78 is 0. The molecule has 1 fully saturated rings. The molecule has 1 atom stereocenters. The number of para-hydroxylation sites is 1. The first-order valence-electron chi connectivity index (χ1n) is 7.14. The Balaban J connectivity index is 1.89. The molecule has 1 heterocycles. The van der Waals surface area contributed by atoms with Crippen LogP contribution in [-0.2, 0) is 4.79 Å². The van der Waals surface area contributed by atoms with E-state index >= 15 is 0 Å². The van der Waals surface area contributed by atoms with Gasteiger partial charge in [0.25, 0.3) is 0 Å².